The highest BCUT2D eigenvalue weighted by Crippen LogP contribution is 2.25. The second-order valence-electron chi connectivity index (χ2n) is 9.64. The summed E-state index contributed by atoms with van der Waals surface area (Å²) < 4.78 is 6.06. The van der Waals surface area contributed by atoms with E-state index in [1.165, 1.54) is 0 Å². The SMILES string of the molecule is Cc1ccc(CN(C(=O)COc2cccc3ccccc23)[C@H](Cc2ccccc2)C(=O)NC(C)C)cc1. The van der Waals surface area contributed by atoms with E-state index in [2.05, 4.69) is 5.32 Å². The zero-order valence-electron chi connectivity index (χ0n) is 21.7. The van der Waals surface area contributed by atoms with Crippen LogP contribution in [0, 0.1) is 6.92 Å². The van der Waals surface area contributed by atoms with Crippen LogP contribution in [0.5, 0.6) is 5.75 Å². The van der Waals surface area contributed by atoms with Crippen molar-refractivity contribution in [1.29, 1.82) is 0 Å². The van der Waals surface area contributed by atoms with E-state index in [0.717, 1.165) is 27.5 Å². The fourth-order valence-corrected chi connectivity index (χ4v) is 4.37. The monoisotopic (exact) mass is 494 g/mol. The molecule has 4 aromatic carbocycles. The lowest BCUT2D eigenvalue weighted by atomic mass is 10.0. The Morgan fingerprint density at radius 1 is 0.811 bits per heavy atom. The van der Waals surface area contributed by atoms with Crippen LogP contribution in [-0.4, -0.2) is 35.4 Å². The van der Waals surface area contributed by atoms with E-state index in [9.17, 15) is 9.59 Å². The Morgan fingerprint density at radius 2 is 1.49 bits per heavy atom. The first kappa shape index (κ1) is 26.0. The van der Waals surface area contributed by atoms with Crippen LogP contribution in [-0.2, 0) is 22.6 Å². The minimum absolute atomic E-state index is 0.0472. The molecule has 0 bridgehead atoms. The number of nitrogens with one attached hydrogen (secondary N) is 1. The highest BCUT2D eigenvalue weighted by molar-refractivity contribution is 5.90. The van der Waals surface area contributed by atoms with Crippen molar-refractivity contribution in [2.75, 3.05) is 6.61 Å². The highest BCUT2D eigenvalue weighted by atomic mass is 16.5. The lowest BCUT2D eigenvalue weighted by Gasteiger charge is -2.32. The molecule has 0 saturated heterocycles. The van der Waals surface area contributed by atoms with Crippen molar-refractivity contribution in [3.63, 3.8) is 0 Å². The first-order valence-corrected chi connectivity index (χ1v) is 12.7. The van der Waals surface area contributed by atoms with Gasteiger partial charge in [-0.15, -0.1) is 0 Å². The summed E-state index contributed by atoms with van der Waals surface area (Å²) in [6.45, 7) is 6.01. The number of nitrogens with zero attached hydrogens (tertiary/aromatic N) is 1. The Morgan fingerprint density at radius 3 is 2.22 bits per heavy atom. The average Bonchev–Trinajstić information content (AvgIpc) is 2.90. The molecule has 0 unspecified atom stereocenters. The molecule has 0 fully saturated rings. The van der Waals surface area contributed by atoms with Crippen molar-refractivity contribution >= 4 is 22.6 Å². The van der Waals surface area contributed by atoms with E-state index in [1.807, 2.05) is 118 Å². The molecule has 0 aliphatic rings. The summed E-state index contributed by atoms with van der Waals surface area (Å²) in [6, 6.07) is 30.8. The number of amides is 2. The van der Waals surface area contributed by atoms with Gasteiger partial charge in [-0.3, -0.25) is 9.59 Å². The fourth-order valence-electron chi connectivity index (χ4n) is 4.37. The number of rotatable bonds is 10. The Hall–Kier alpha value is -4.12. The molecule has 1 N–H and O–H groups in total. The Bertz CT molecular complexity index is 1330. The van der Waals surface area contributed by atoms with Gasteiger partial charge in [0.15, 0.2) is 6.61 Å². The van der Waals surface area contributed by atoms with Crippen LogP contribution in [0.2, 0.25) is 0 Å². The van der Waals surface area contributed by atoms with E-state index in [1.54, 1.807) is 4.90 Å². The summed E-state index contributed by atoms with van der Waals surface area (Å²) in [5, 5.41) is 5.01. The van der Waals surface area contributed by atoms with Gasteiger partial charge in [0.05, 0.1) is 0 Å². The van der Waals surface area contributed by atoms with E-state index >= 15 is 0 Å². The number of hydrogen-bond donors (Lipinski definition) is 1. The van der Waals surface area contributed by atoms with Gasteiger partial charge < -0.3 is 15.0 Å². The van der Waals surface area contributed by atoms with Gasteiger partial charge in [-0.05, 0) is 43.4 Å². The third kappa shape index (κ3) is 6.98. The quantitative estimate of drug-likeness (QED) is 0.308. The lowest BCUT2D eigenvalue weighted by Crippen LogP contribution is -2.52. The minimum Gasteiger partial charge on any atom is -0.483 e. The number of ether oxygens (including phenoxy) is 1. The molecule has 0 aliphatic carbocycles. The molecule has 4 aromatic rings. The minimum atomic E-state index is -0.685. The summed E-state index contributed by atoms with van der Waals surface area (Å²) in [6.07, 6.45) is 0.408. The first-order chi connectivity index (χ1) is 17.9. The molecular formula is C32H34N2O3. The average molecular weight is 495 g/mol. The first-order valence-electron chi connectivity index (χ1n) is 12.7. The maximum Gasteiger partial charge on any atom is 0.261 e. The summed E-state index contributed by atoms with van der Waals surface area (Å²) >= 11 is 0. The molecule has 0 radical (unpaired) electrons. The van der Waals surface area contributed by atoms with Crippen LogP contribution < -0.4 is 10.1 Å². The standard InChI is InChI=1S/C32H34N2O3/c1-23(2)33-32(36)29(20-25-10-5-4-6-11-25)34(21-26-18-16-24(3)17-19-26)31(35)22-37-30-15-9-13-27-12-7-8-14-28(27)30/h4-19,23,29H,20-22H2,1-3H3,(H,33,36)/t29-/m1/s1. The molecule has 5 heteroatoms. The fraction of sp³-hybridized carbons (Fsp3) is 0.250. The van der Waals surface area contributed by atoms with Gasteiger partial charge >= 0.3 is 0 Å². The Labute approximate surface area is 219 Å². The van der Waals surface area contributed by atoms with Gasteiger partial charge in [0.25, 0.3) is 5.91 Å². The molecule has 0 aromatic heterocycles. The molecule has 190 valence electrons. The molecule has 0 heterocycles. The number of aryl methyl sites for hydroxylation is 1. The third-order valence-corrected chi connectivity index (χ3v) is 6.28. The summed E-state index contributed by atoms with van der Waals surface area (Å²) in [7, 11) is 0. The Kier molecular flexibility index (Phi) is 8.57. The molecule has 4 rings (SSSR count). The number of hydrogen-bond acceptors (Lipinski definition) is 3. The molecule has 0 spiro atoms. The van der Waals surface area contributed by atoms with Crippen molar-refractivity contribution in [2.45, 2.75) is 45.8 Å². The maximum absolute atomic E-state index is 13.8. The van der Waals surface area contributed by atoms with Crippen LogP contribution in [0.1, 0.15) is 30.5 Å². The molecule has 5 nitrogen and oxygen atoms in total. The molecule has 0 saturated carbocycles. The molecule has 2 amide bonds. The van der Waals surface area contributed by atoms with E-state index < -0.39 is 6.04 Å². The number of benzene rings is 4. The van der Waals surface area contributed by atoms with E-state index in [4.69, 9.17) is 4.74 Å². The molecule has 37 heavy (non-hydrogen) atoms. The van der Waals surface area contributed by atoms with Crippen LogP contribution in [0.25, 0.3) is 10.8 Å². The van der Waals surface area contributed by atoms with Crippen LogP contribution in [0.15, 0.2) is 97.1 Å². The predicted octanol–water partition coefficient (Wildman–Crippen LogP) is 5.69. The number of carbonyl (C=O) groups excluding carboxylic acids is 2. The number of fused-ring (bicyclic) bond motifs is 1. The second-order valence-corrected chi connectivity index (χ2v) is 9.64. The normalized spacial score (nSPS) is 11.8. The van der Waals surface area contributed by atoms with Gasteiger partial charge in [-0.2, -0.15) is 0 Å². The zero-order valence-corrected chi connectivity index (χ0v) is 21.7. The summed E-state index contributed by atoms with van der Waals surface area (Å²) in [4.78, 5) is 28.9. The summed E-state index contributed by atoms with van der Waals surface area (Å²) in [5.41, 5.74) is 3.09. The Balaban J connectivity index is 1.64. The summed E-state index contributed by atoms with van der Waals surface area (Å²) in [5.74, 6) is 0.228. The van der Waals surface area contributed by atoms with Crippen molar-refractivity contribution in [2.24, 2.45) is 0 Å². The van der Waals surface area contributed by atoms with Crippen molar-refractivity contribution in [1.82, 2.24) is 10.2 Å². The van der Waals surface area contributed by atoms with Gasteiger partial charge in [-0.1, -0.05) is 96.6 Å². The second kappa shape index (κ2) is 12.2. The molecular weight excluding hydrogens is 460 g/mol. The van der Waals surface area contributed by atoms with Crippen LogP contribution in [0.3, 0.4) is 0 Å². The molecule has 0 aliphatic heterocycles. The van der Waals surface area contributed by atoms with Gasteiger partial charge in [-0.25, -0.2) is 0 Å². The molecule has 1 atom stereocenters. The number of carbonyl (C=O) groups is 2. The highest BCUT2D eigenvalue weighted by Gasteiger charge is 2.31. The van der Waals surface area contributed by atoms with Crippen molar-refractivity contribution in [3.05, 3.63) is 114 Å². The van der Waals surface area contributed by atoms with Crippen molar-refractivity contribution in [3.8, 4) is 5.75 Å². The van der Waals surface area contributed by atoms with Gasteiger partial charge in [0, 0.05) is 24.4 Å². The maximum atomic E-state index is 13.8. The third-order valence-electron chi connectivity index (χ3n) is 6.28. The topological polar surface area (TPSA) is 58.6 Å². The van der Waals surface area contributed by atoms with Crippen LogP contribution >= 0.6 is 0 Å². The smallest absolute Gasteiger partial charge is 0.261 e. The van der Waals surface area contributed by atoms with Gasteiger partial charge in [0.1, 0.15) is 11.8 Å². The predicted molar refractivity (Wildman–Crippen MR) is 148 cm³/mol. The zero-order chi connectivity index (χ0) is 26.2. The van der Waals surface area contributed by atoms with E-state index in [-0.39, 0.29) is 24.5 Å². The van der Waals surface area contributed by atoms with Gasteiger partial charge in [0.2, 0.25) is 5.91 Å². The van der Waals surface area contributed by atoms with Crippen LogP contribution in [0.4, 0.5) is 0 Å². The largest absolute Gasteiger partial charge is 0.483 e. The van der Waals surface area contributed by atoms with Crippen molar-refractivity contribution < 1.29 is 14.3 Å². The lowest BCUT2D eigenvalue weighted by molar-refractivity contribution is -0.143. The van der Waals surface area contributed by atoms with E-state index in [0.29, 0.717) is 18.7 Å².